The highest BCUT2D eigenvalue weighted by Gasteiger charge is 2.26. The lowest BCUT2D eigenvalue weighted by molar-refractivity contribution is 0.406. The number of nitrogens with zero attached hydrogens (tertiary/aromatic N) is 5. The second-order valence-electron chi connectivity index (χ2n) is 9.22. The highest BCUT2D eigenvalue weighted by molar-refractivity contribution is 6.37. The number of aromatic nitrogens is 5. The van der Waals surface area contributed by atoms with Crippen molar-refractivity contribution in [1.29, 1.82) is 0 Å². The van der Waals surface area contributed by atoms with Crippen molar-refractivity contribution < 1.29 is 0 Å². The van der Waals surface area contributed by atoms with Gasteiger partial charge in [0, 0.05) is 40.0 Å². The van der Waals surface area contributed by atoms with E-state index in [1.165, 1.54) is 4.57 Å². The van der Waals surface area contributed by atoms with Gasteiger partial charge in [-0.15, -0.1) is 0 Å². The van der Waals surface area contributed by atoms with Gasteiger partial charge in [0.25, 0.3) is 0 Å². The summed E-state index contributed by atoms with van der Waals surface area (Å²) in [7, 11) is 0. The van der Waals surface area contributed by atoms with E-state index in [-0.39, 0.29) is 17.4 Å². The molecule has 0 N–H and O–H groups in total. The van der Waals surface area contributed by atoms with Crippen LogP contribution in [0.2, 0.25) is 0 Å². The van der Waals surface area contributed by atoms with Crippen molar-refractivity contribution in [3.63, 3.8) is 0 Å². The molecule has 0 aliphatic rings. The Labute approximate surface area is 193 Å². The summed E-state index contributed by atoms with van der Waals surface area (Å²) in [5, 5.41) is 5.98. The highest BCUT2D eigenvalue weighted by Crippen LogP contribution is 2.42. The second-order valence-corrected chi connectivity index (χ2v) is 9.22. The normalized spacial score (nSPS) is 12.8. The summed E-state index contributed by atoms with van der Waals surface area (Å²) in [5.74, 6) is 0. The van der Waals surface area contributed by atoms with Gasteiger partial charge in [-0.1, -0.05) is 38.8 Å². The van der Waals surface area contributed by atoms with Crippen LogP contribution in [0.3, 0.4) is 0 Å². The molecule has 0 fully saturated rings. The summed E-state index contributed by atoms with van der Waals surface area (Å²) in [5.41, 5.74) is 2.54. The van der Waals surface area contributed by atoms with Gasteiger partial charge in [0.2, 0.25) is 0 Å². The maximum Gasteiger partial charge on any atom is 0.352 e. The van der Waals surface area contributed by atoms with Gasteiger partial charge in [-0.2, -0.15) is 9.03 Å². The van der Waals surface area contributed by atoms with Gasteiger partial charge in [0.1, 0.15) is 0 Å². The van der Waals surface area contributed by atoms with Crippen LogP contribution in [0.15, 0.2) is 58.4 Å². The summed E-state index contributed by atoms with van der Waals surface area (Å²) in [6.45, 7) is 4.19. The largest absolute Gasteiger partial charge is 0.352 e. The van der Waals surface area contributed by atoms with Gasteiger partial charge in [-0.3, -0.25) is 9.97 Å². The Bertz CT molecular complexity index is 1850. The quantitative estimate of drug-likeness (QED) is 0.270. The molecule has 0 saturated carbocycles. The van der Waals surface area contributed by atoms with Gasteiger partial charge in [-0.05, 0) is 47.9 Å². The van der Waals surface area contributed by atoms with Gasteiger partial charge in [0.15, 0.2) is 0 Å². The van der Waals surface area contributed by atoms with Gasteiger partial charge in [0.05, 0.1) is 22.1 Å². The maximum absolute atomic E-state index is 13.9. The van der Waals surface area contributed by atoms with E-state index in [1.54, 1.807) is 21.4 Å². The Hall–Kier alpha value is -4.00. The predicted molar refractivity (Wildman–Crippen MR) is 136 cm³/mol. The molecule has 7 rings (SSSR count). The average molecular weight is 450 g/mol. The van der Waals surface area contributed by atoms with Crippen LogP contribution in [-0.4, -0.2) is 23.6 Å². The molecule has 7 aromatic rings. The number of pyridine rings is 2. The lowest BCUT2D eigenvalue weighted by Crippen LogP contribution is -2.32. The van der Waals surface area contributed by atoms with Crippen molar-refractivity contribution in [1.82, 2.24) is 23.6 Å². The molecule has 0 unspecified atom stereocenters. The standard InChI is InChI=1S/C27H23N5O2/c1-3-5-17(6-4-2)30-26(33)31-18-9-7-15-11-13-28-24-20(15)22(18)23-19(32(31)27(30)34)10-8-16-12-14-29-25(24)21(16)23/h7-14,17H,3-6H2,1-2H3. The Morgan fingerprint density at radius 3 is 1.59 bits per heavy atom. The van der Waals surface area contributed by atoms with E-state index in [9.17, 15) is 9.59 Å². The minimum atomic E-state index is -0.277. The Balaban J connectivity index is 1.82. The molecule has 7 nitrogen and oxygen atoms in total. The predicted octanol–water partition coefficient (Wildman–Crippen LogP) is 5.13. The summed E-state index contributed by atoms with van der Waals surface area (Å²) in [6.07, 6.45) is 7.03. The zero-order valence-corrected chi connectivity index (χ0v) is 19.1. The minimum Gasteiger partial charge on any atom is -0.254 e. The molecule has 4 aromatic heterocycles. The summed E-state index contributed by atoms with van der Waals surface area (Å²) < 4.78 is 4.62. The van der Waals surface area contributed by atoms with Crippen LogP contribution >= 0.6 is 0 Å². The van der Waals surface area contributed by atoms with Gasteiger partial charge >= 0.3 is 11.4 Å². The molecule has 0 atom stereocenters. The molecule has 168 valence electrons. The number of hydrogen-bond donors (Lipinski definition) is 0. The van der Waals surface area contributed by atoms with Crippen LogP contribution in [0.5, 0.6) is 0 Å². The fourth-order valence-electron chi connectivity index (χ4n) is 6.00. The van der Waals surface area contributed by atoms with Crippen molar-refractivity contribution in [2.45, 2.75) is 45.6 Å². The molecule has 34 heavy (non-hydrogen) atoms. The van der Waals surface area contributed by atoms with Crippen molar-refractivity contribution in [3.05, 3.63) is 69.8 Å². The van der Waals surface area contributed by atoms with Crippen molar-refractivity contribution in [3.8, 4) is 0 Å². The van der Waals surface area contributed by atoms with Crippen molar-refractivity contribution >= 4 is 54.4 Å². The van der Waals surface area contributed by atoms with E-state index in [1.807, 2.05) is 36.4 Å². The Kier molecular flexibility index (Phi) is 3.87. The van der Waals surface area contributed by atoms with E-state index in [0.29, 0.717) is 0 Å². The Morgan fingerprint density at radius 1 is 0.676 bits per heavy atom. The zero-order chi connectivity index (χ0) is 23.1. The highest BCUT2D eigenvalue weighted by atomic mass is 16.2. The smallest absolute Gasteiger partial charge is 0.254 e. The number of benzene rings is 3. The van der Waals surface area contributed by atoms with E-state index in [4.69, 9.17) is 9.97 Å². The molecular formula is C27H23N5O2. The molecule has 0 saturated heterocycles. The molecule has 0 aliphatic carbocycles. The molecule has 7 heteroatoms. The van der Waals surface area contributed by atoms with Crippen molar-refractivity contribution in [2.75, 3.05) is 0 Å². The van der Waals surface area contributed by atoms with Crippen LogP contribution in [0.1, 0.15) is 45.6 Å². The summed E-state index contributed by atoms with van der Waals surface area (Å²) in [6, 6.07) is 11.8. The Morgan fingerprint density at radius 2 is 1.15 bits per heavy atom. The van der Waals surface area contributed by atoms with Gasteiger partial charge in [-0.25, -0.2) is 14.2 Å². The molecule has 4 heterocycles. The van der Waals surface area contributed by atoms with Crippen molar-refractivity contribution in [2.24, 2.45) is 0 Å². The monoisotopic (exact) mass is 449 g/mol. The van der Waals surface area contributed by atoms with Crippen LogP contribution in [0.4, 0.5) is 0 Å². The summed E-state index contributed by atoms with van der Waals surface area (Å²) >= 11 is 0. The second kappa shape index (κ2) is 6.76. The van der Waals surface area contributed by atoms with Crippen LogP contribution < -0.4 is 11.4 Å². The van der Waals surface area contributed by atoms with E-state index < -0.39 is 0 Å². The van der Waals surface area contributed by atoms with E-state index in [2.05, 4.69) is 13.8 Å². The molecule has 0 spiro atoms. The van der Waals surface area contributed by atoms with Crippen LogP contribution in [0, 0.1) is 0 Å². The first-order chi connectivity index (χ1) is 16.7. The lowest BCUT2D eigenvalue weighted by Gasteiger charge is -2.17. The van der Waals surface area contributed by atoms with E-state index in [0.717, 1.165) is 80.1 Å². The lowest BCUT2D eigenvalue weighted by atomic mass is 9.93. The molecule has 0 bridgehead atoms. The molecule has 0 aliphatic heterocycles. The third kappa shape index (κ3) is 2.21. The minimum absolute atomic E-state index is 0.118. The SMILES string of the molecule is CCCC(CCC)n1c(=O)n2c3ccc4ccnc5c6nccc7ccc(c(c76)c3c45)n2c1=O. The first-order valence-corrected chi connectivity index (χ1v) is 12.0. The fourth-order valence-corrected chi connectivity index (χ4v) is 6.00. The third-order valence-electron chi connectivity index (χ3n) is 7.33. The first kappa shape index (κ1) is 19.5. The summed E-state index contributed by atoms with van der Waals surface area (Å²) in [4.78, 5) is 37.2. The average Bonchev–Trinajstić information content (AvgIpc) is 3.12. The van der Waals surface area contributed by atoms with Crippen LogP contribution in [-0.2, 0) is 0 Å². The number of rotatable bonds is 5. The molecule has 3 aromatic carbocycles. The van der Waals surface area contributed by atoms with Gasteiger partial charge < -0.3 is 0 Å². The number of fused-ring (bicyclic) bond motifs is 4. The zero-order valence-electron chi connectivity index (χ0n) is 19.1. The molecule has 0 radical (unpaired) electrons. The maximum atomic E-state index is 13.9. The first-order valence-electron chi connectivity index (χ1n) is 12.0. The number of hydrogen-bond acceptors (Lipinski definition) is 4. The fraction of sp³-hybridized carbons (Fsp3) is 0.259. The molecule has 0 amide bonds. The topological polar surface area (TPSA) is 73.7 Å². The van der Waals surface area contributed by atoms with Crippen LogP contribution in [0.25, 0.3) is 54.4 Å². The van der Waals surface area contributed by atoms with E-state index >= 15 is 0 Å². The third-order valence-corrected chi connectivity index (χ3v) is 7.33. The molecular weight excluding hydrogens is 426 g/mol.